The molecule has 0 amide bonds. The van der Waals surface area contributed by atoms with E-state index in [1.165, 1.54) is 0 Å². The summed E-state index contributed by atoms with van der Waals surface area (Å²) in [6, 6.07) is 0. The van der Waals surface area contributed by atoms with Gasteiger partial charge in [0.1, 0.15) is 0 Å². The Morgan fingerprint density at radius 3 is 1.67 bits per heavy atom. The van der Waals surface area contributed by atoms with Crippen LogP contribution >= 0.6 is 0 Å². The molecule has 0 aromatic carbocycles. The summed E-state index contributed by atoms with van der Waals surface area (Å²) in [6.45, 7) is 5.00. The molecule has 0 aromatic heterocycles. The molecule has 0 heterocycles. The largest absolute Gasteiger partial charge is 0.344 e. The van der Waals surface area contributed by atoms with Crippen molar-refractivity contribution < 1.29 is 0 Å². The fraction of sp³-hybridized carbons (Fsp3) is 1.00. The minimum absolute atomic E-state index is 0. The second-order valence-electron chi connectivity index (χ2n) is 1.63. The molecule has 2 nitrogen and oxygen atoms in total. The molecule has 0 aromatic rings. The van der Waals surface area contributed by atoms with Crippen LogP contribution in [-0.4, -0.2) is 6.54 Å². The molecule has 0 aliphatic carbocycles. The average molecular weight is 90.2 g/mol. The Hall–Kier alpha value is -0.0800. The predicted molar refractivity (Wildman–Crippen MR) is 28.9 cm³/mol. The summed E-state index contributed by atoms with van der Waals surface area (Å²) in [5.41, 5.74) is 5.17. The topological polar surface area (TPSA) is 61.0 Å². The molecule has 0 bridgehead atoms. The Morgan fingerprint density at radius 2 is 1.67 bits per heavy atom. The Balaban J connectivity index is 0. The Morgan fingerprint density at radius 1 is 1.50 bits per heavy atom. The Kier molecular flexibility index (Phi) is 7.65. The lowest BCUT2D eigenvalue weighted by molar-refractivity contribution is 0.664. The summed E-state index contributed by atoms with van der Waals surface area (Å²) < 4.78 is 0. The van der Waals surface area contributed by atoms with Gasteiger partial charge < -0.3 is 11.9 Å². The number of hydrogen-bond donors (Lipinski definition) is 2. The van der Waals surface area contributed by atoms with Crippen molar-refractivity contribution in [3.63, 3.8) is 0 Å². The van der Waals surface area contributed by atoms with Crippen LogP contribution in [0.1, 0.15) is 13.8 Å². The first-order valence-corrected chi connectivity index (χ1v) is 1.97. The van der Waals surface area contributed by atoms with Gasteiger partial charge in [0.25, 0.3) is 0 Å². The van der Waals surface area contributed by atoms with E-state index in [4.69, 9.17) is 5.73 Å². The van der Waals surface area contributed by atoms with Crippen LogP contribution < -0.4 is 11.9 Å². The molecule has 0 saturated heterocycles. The minimum atomic E-state index is 0. The average Bonchev–Trinajstić information content (AvgIpc) is 1.38. The summed E-state index contributed by atoms with van der Waals surface area (Å²) >= 11 is 0. The monoisotopic (exact) mass is 90.1 g/mol. The van der Waals surface area contributed by atoms with Crippen molar-refractivity contribution in [2.75, 3.05) is 6.54 Å². The van der Waals surface area contributed by atoms with Crippen molar-refractivity contribution in [2.45, 2.75) is 13.8 Å². The van der Waals surface area contributed by atoms with Crippen molar-refractivity contribution in [3.8, 4) is 0 Å². The third-order valence-corrected chi connectivity index (χ3v) is 0.471. The molecule has 0 spiro atoms. The first-order valence-electron chi connectivity index (χ1n) is 1.97. The van der Waals surface area contributed by atoms with E-state index >= 15 is 0 Å². The van der Waals surface area contributed by atoms with Crippen molar-refractivity contribution in [3.05, 3.63) is 0 Å². The van der Waals surface area contributed by atoms with Gasteiger partial charge in [-0.1, -0.05) is 13.8 Å². The normalized spacial score (nSPS) is 8.00. The van der Waals surface area contributed by atoms with E-state index in [1.54, 1.807) is 0 Å². The second kappa shape index (κ2) is 4.92. The molecule has 0 aliphatic rings. The van der Waals surface area contributed by atoms with Crippen molar-refractivity contribution in [2.24, 2.45) is 11.7 Å². The Labute approximate surface area is 39.3 Å². The third kappa shape index (κ3) is 9.07. The molecule has 0 rings (SSSR count). The van der Waals surface area contributed by atoms with E-state index in [1.807, 2.05) is 0 Å². The maximum atomic E-state index is 5.17. The number of hydrogen-bond acceptors (Lipinski definition) is 2. The highest BCUT2D eigenvalue weighted by Gasteiger charge is 1.80. The van der Waals surface area contributed by atoms with Gasteiger partial charge in [0.15, 0.2) is 0 Å². The molecule has 2 heteroatoms. The van der Waals surface area contributed by atoms with Crippen molar-refractivity contribution in [1.29, 1.82) is 0 Å². The summed E-state index contributed by atoms with van der Waals surface area (Å²) in [5, 5.41) is 0. The molecule has 40 valence electrons. The van der Waals surface area contributed by atoms with E-state index in [0.29, 0.717) is 5.92 Å². The summed E-state index contributed by atoms with van der Waals surface area (Å²) in [4.78, 5) is 0. The molecule has 5 N–H and O–H groups in total. The zero-order valence-corrected chi connectivity index (χ0v) is 4.57. The summed E-state index contributed by atoms with van der Waals surface area (Å²) in [7, 11) is 0. The number of rotatable bonds is 1. The first-order chi connectivity index (χ1) is 2.27. The number of nitrogens with two attached hydrogens (primary N) is 1. The molecule has 0 unspecified atom stereocenters. The van der Waals surface area contributed by atoms with Gasteiger partial charge in [-0.3, -0.25) is 0 Å². The highest BCUT2D eigenvalue weighted by Crippen LogP contribution is 1.81. The van der Waals surface area contributed by atoms with Crippen LogP contribution in [0.5, 0.6) is 0 Å². The fourth-order valence-corrected chi connectivity index (χ4v) is 0. The van der Waals surface area contributed by atoms with Crippen LogP contribution in [0.3, 0.4) is 0 Å². The SMILES string of the molecule is CC(C)CN.N. The zero-order valence-electron chi connectivity index (χ0n) is 4.57. The maximum absolute atomic E-state index is 5.17. The first kappa shape index (κ1) is 9.33. The van der Waals surface area contributed by atoms with E-state index < -0.39 is 0 Å². The van der Waals surface area contributed by atoms with Crippen molar-refractivity contribution in [1.82, 2.24) is 6.15 Å². The van der Waals surface area contributed by atoms with Gasteiger partial charge in [0.05, 0.1) is 0 Å². The van der Waals surface area contributed by atoms with Gasteiger partial charge in [-0.25, -0.2) is 0 Å². The standard InChI is InChI=1S/C4H11N.H3N/c1-4(2)3-5;/h4H,3,5H2,1-2H3;1H3. The van der Waals surface area contributed by atoms with Crippen LogP contribution in [0.4, 0.5) is 0 Å². The van der Waals surface area contributed by atoms with E-state index in [0.717, 1.165) is 6.54 Å². The molecule has 0 aliphatic heterocycles. The predicted octanol–water partition coefficient (Wildman–Crippen LogP) is 0.763. The molecule has 0 saturated carbocycles. The minimum Gasteiger partial charge on any atom is -0.344 e. The van der Waals surface area contributed by atoms with Crippen LogP contribution in [0.25, 0.3) is 0 Å². The summed E-state index contributed by atoms with van der Waals surface area (Å²) in [5.74, 6) is 0.662. The smallest absolute Gasteiger partial charge is 0.00541 e. The molecule has 0 radical (unpaired) electrons. The molecule has 6 heavy (non-hydrogen) atoms. The lowest BCUT2D eigenvalue weighted by atomic mass is 10.2. The van der Waals surface area contributed by atoms with E-state index in [-0.39, 0.29) is 6.15 Å². The quantitative estimate of drug-likeness (QED) is 0.499. The van der Waals surface area contributed by atoms with Gasteiger partial charge >= 0.3 is 0 Å². The molecule has 0 atom stereocenters. The van der Waals surface area contributed by atoms with Crippen LogP contribution in [0.15, 0.2) is 0 Å². The van der Waals surface area contributed by atoms with E-state index in [9.17, 15) is 0 Å². The van der Waals surface area contributed by atoms with Gasteiger partial charge in [-0.05, 0) is 12.5 Å². The van der Waals surface area contributed by atoms with Crippen LogP contribution in [-0.2, 0) is 0 Å². The van der Waals surface area contributed by atoms with Crippen LogP contribution in [0, 0.1) is 5.92 Å². The second-order valence-corrected chi connectivity index (χ2v) is 1.63. The zero-order chi connectivity index (χ0) is 4.28. The summed E-state index contributed by atoms with van der Waals surface area (Å²) in [6.07, 6.45) is 0. The highest BCUT2D eigenvalue weighted by atomic mass is 14.5. The van der Waals surface area contributed by atoms with E-state index in [2.05, 4.69) is 13.8 Å². The third-order valence-electron chi connectivity index (χ3n) is 0.471. The highest BCUT2D eigenvalue weighted by molar-refractivity contribution is 4.38. The van der Waals surface area contributed by atoms with Gasteiger partial charge in [-0.15, -0.1) is 0 Å². The lowest BCUT2D eigenvalue weighted by Gasteiger charge is -1.91. The van der Waals surface area contributed by atoms with Crippen molar-refractivity contribution >= 4 is 0 Å². The Bertz CT molecular complexity index is 19.5. The molecular formula is C4H14N2. The molecule has 0 fully saturated rings. The fourth-order valence-electron chi connectivity index (χ4n) is 0. The van der Waals surface area contributed by atoms with Crippen LogP contribution in [0.2, 0.25) is 0 Å². The lowest BCUT2D eigenvalue weighted by Crippen LogP contribution is -2.05. The molecular weight excluding hydrogens is 76.1 g/mol. The van der Waals surface area contributed by atoms with Gasteiger partial charge in [0.2, 0.25) is 0 Å². The van der Waals surface area contributed by atoms with Gasteiger partial charge in [-0.2, -0.15) is 0 Å². The maximum Gasteiger partial charge on any atom is -0.00541 e. The van der Waals surface area contributed by atoms with Gasteiger partial charge in [0, 0.05) is 0 Å².